The van der Waals surface area contributed by atoms with Crippen molar-refractivity contribution in [1.82, 2.24) is 19.1 Å². The van der Waals surface area contributed by atoms with Gasteiger partial charge in [-0.2, -0.15) is 31.6 Å². The third kappa shape index (κ3) is 7.26. The first kappa shape index (κ1) is 44.0. The topological polar surface area (TPSA) is 59.4 Å². The summed E-state index contributed by atoms with van der Waals surface area (Å²) in [7, 11) is 0. The second-order valence-electron chi connectivity index (χ2n) is 17.4. The van der Waals surface area contributed by atoms with Crippen LogP contribution < -0.4 is 0 Å². The third-order valence-electron chi connectivity index (χ3n) is 13.3. The fraction of sp³-hybridized carbons (Fsp3) is 0.0328. The molecule has 72 heavy (non-hydrogen) atoms. The summed E-state index contributed by atoms with van der Waals surface area (Å²) in [5.41, 5.74) is 4.51. The molecule has 0 unspecified atom stereocenters. The Labute approximate surface area is 407 Å². The molecule has 11 heteroatoms. The van der Waals surface area contributed by atoms with Crippen LogP contribution in [0.2, 0.25) is 0 Å². The Morgan fingerprint density at radius 2 is 0.806 bits per heavy atom. The van der Waals surface area contributed by atoms with E-state index in [1.807, 2.05) is 185 Å². The van der Waals surface area contributed by atoms with Crippen molar-refractivity contribution in [2.45, 2.75) is 12.4 Å². The van der Waals surface area contributed by atoms with Crippen molar-refractivity contribution in [3.63, 3.8) is 0 Å². The molecule has 5 nitrogen and oxygen atoms in total. The van der Waals surface area contributed by atoms with Crippen molar-refractivity contribution in [2.24, 2.45) is 0 Å². The van der Waals surface area contributed by atoms with Gasteiger partial charge in [0.15, 0.2) is 0 Å². The molecular weight excluding hydrogens is 917 g/mol. The molecule has 346 valence electrons. The molecule has 0 amide bonds. The van der Waals surface area contributed by atoms with Crippen LogP contribution in [0, 0.1) is 11.3 Å². The lowest BCUT2D eigenvalue weighted by Crippen LogP contribution is -2.15. The van der Waals surface area contributed by atoms with Gasteiger partial charge in [-0.25, -0.2) is 0 Å². The molecule has 0 fully saturated rings. The van der Waals surface area contributed by atoms with Gasteiger partial charge >= 0.3 is 12.4 Å². The van der Waals surface area contributed by atoms with Crippen LogP contribution in [0.15, 0.2) is 213 Å². The average molecular weight is 952 g/mol. The second-order valence-corrected chi connectivity index (χ2v) is 17.4. The van der Waals surface area contributed by atoms with Gasteiger partial charge in [0.25, 0.3) is 0 Å². The van der Waals surface area contributed by atoms with Crippen LogP contribution >= 0.6 is 0 Å². The van der Waals surface area contributed by atoms with E-state index in [4.69, 9.17) is 9.97 Å². The molecule has 0 aliphatic rings. The van der Waals surface area contributed by atoms with Gasteiger partial charge < -0.3 is 9.13 Å². The third-order valence-corrected chi connectivity index (χ3v) is 13.3. The number of para-hydroxylation sites is 2. The van der Waals surface area contributed by atoms with Gasteiger partial charge in [0.2, 0.25) is 0 Å². The quantitative estimate of drug-likeness (QED) is 0.150. The minimum Gasteiger partial charge on any atom is -0.307 e. The second kappa shape index (κ2) is 17.0. The molecule has 12 aromatic rings. The molecule has 0 aliphatic heterocycles. The first-order valence-electron chi connectivity index (χ1n) is 22.9. The van der Waals surface area contributed by atoms with Crippen molar-refractivity contribution in [2.75, 3.05) is 0 Å². The van der Waals surface area contributed by atoms with Crippen LogP contribution in [0.1, 0.15) is 16.7 Å². The maximum absolute atomic E-state index is 15.2. The van der Waals surface area contributed by atoms with Gasteiger partial charge in [0, 0.05) is 67.3 Å². The highest BCUT2D eigenvalue weighted by molar-refractivity contribution is 6.13. The summed E-state index contributed by atoms with van der Waals surface area (Å²) in [4.78, 5) is 9.56. The molecule has 4 heterocycles. The Bertz CT molecular complexity index is 4110. The number of fused-ring (bicyclic) bond motifs is 6. The van der Waals surface area contributed by atoms with Gasteiger partial charge in [-0.05, 0) is 71.8 Å². The van der Waals surface area contributed by atoms with Crippen LogP contribution in [0.25, 0.3) is 111 Å². The highest BCUT2D eigenvalue weighted by atomic mass is 19.4. The summed E-state index contributed by atoms with van der Waals surface area (Å²) in [6, 6.07) is 61.0. The van der Waals surface area contributed by atoms with E-state index < -0.39 is 34.6 Å². The van der Waals surface area contributed by atoms with Crippen LogP contribution in [-0.2, 0) is 12.4 Å². The zero-order valence-electron chi connectivity index (χ0n) is 37.7. The standard InChI is InChI=1S/C61H35F6N5/c62-60(63,64)49-22-11-23-50(61(65,66)67)57(49)48-35-56(72-52-25-10-8-19-45(52)47-29-27-40(33-54(47)72)43-21-13-31-70-59(43)38-16-5-2-6-17-38)55(34-41(48)36-68)71-51-24-9-7-18-44(51)46-28-26-39(32-53(46)71)42-20-12-30-69-58(42)37-14-3-1-4-15-37/h1-35H. The van der Waals surface area contributed by atoms with Crippen LogP contribution in [-0.4, -0.2) is 19.1 Å². The lowest BCUT2D eigenvalue weighted by atomic mass is 9.89. The summed E-state index contributed by atoms with van der Waals surface area (Å²) >= 11 is 0. The Morgan fingerprint density at radius 3 is 1.26 bits per heavy atom. The largest absolute Gasteiger partial charge is 0.417 e. The first-order chi connectivity index (χ1) is 35.0. The van der Waals surface area contributed by atoms with Crippen molar-refractivity contribution in [1.29, 1.82) is 5.26 Å². The van der Waals surface area contributed by atoms with E-state index in [1.54, 1.807) is 12.4 Å². The number of rotatable bonds is 7. The normalized spacial score (nSPS) is 12.0. The molecule has 8 aromatic carbocycles. The van der Waals surface area contributed by atoms with E-state index in [0.717, 1.165) is 72.4 Å². The minimum absolute atomic E-state index is 0.228. The molecule has 12 rings (SSSR count). The monoisotopic (exact) mass is 951 g/mol. The number of alkyl halides is 6. The molecule has 0 bridgehead atoms. The molecular formula is C61H35F6N5. The number of benzene rings is 8. The SMILES string of the molecule is N#Cc1cc(-n2c3ccccc3c3ccc(-c4cccnc4-c4ccccc4)cc32)c(-n2c3ccccc3c3ccc(-c4cccnc4-c4ccccc4)cc32)cc1-c1c(C(F)(F)F)cccc1C(F)(F)F. The molecule has 0 atom stereocenters. The predicted molar refractivity (Wildman–Crippen MR) is 273 cm³/mol. The van der Waals surface area contributed by atoms with Crippen LogP contribution in [0.4, 0.5) is 26.3 Å². The molecule has 4 aromatic heterocycles. The first-order valence-corrected chi connectivity index (χ1v) is 22.9. The predicted octanol–water partition coefficient (Wildman–Crippen LogP) is 16.9. The van der Waals surface area contributed by atoms with E-state index >= 15 is 26.3 Å². The fourth-order valence-corrected chi connectivity index (χ4v) is 10.3. The molecule has 0 spiro atoms. The zero-order valence-corrected chi connectivity index (χ0v) is 37.7. The van der Waals surface area contributed by atoms with Crippen molar-refractivity contribution >= 4 is 43.6 Å². The van der Waals surface area contributed by atoms with E-state index in [2.05, 4.69) is 0 Å². The summed E-state index contributed by atoms with van der Waals surface area (Å²) in [5, 5.41) is 14.3. The van der Waals surface area contributed by atoms with E-state index in [0.29, 0.717) is 39.9 Å². The van der Waals surface area contributed by atoms with Gasteiger partial charge in [0.05, 0.1) is 67.6 Å². The fourth-order valence-electron chi connectivity index (χ4n) is 10.3. The maximum atomic E-state index is 15.2. The van der Waals surface area contributed by atoms with Crippen molar-refractivity contribution in [3.05, 3.63) is 229 Å². The smallest absolute Gasteiger partial charge is 0.307 e. The summed E-state index contributed by atoms with van der Waals surface area (Å²) < 4.78 is 95.0. The number of aromatic nitrogens is 4. The molecule has 0 aliphatic carbocycles. The number of halogens is 6. The Hall–Kier alpha value is -9.27. The highest BCUT2D eigenvalue weighted by Gasteiger charge is 2.42. The van der Waals surface area contributed by atoms with Gasteiger partial charge in [0.1, 0.15) is 0 Å². The van der Waals surface area contributed by atoms with Crippen molar-refractivity contribution in [3.8, 4) is 73.3 Å². The molecule has 0 N–H and O–H groups in total. The maximum Gasteiger partial charge on any atom is 0.417 e. The highest BCUT2D eigenvalue weighted by Crippen LogP contribution is 2.49. The number of nitrogens with zero attached hydrogens (tertiary/aromatic N) is 5. The van der Waals surface area contributed by atoms with Gasteiger partial charge in [-0.15, -0.1) is 0 Å². The zero-order chi connectivity index (χ0) is 49.3. The number of nitriles is 1. The van der Waals surface area contributed by atoms with Gasteiger partial charge in [-0.3, -0.25) is 9.97 Å². The molecule has 0 saturated heterocycles. The van der Waals surface area contributed by atoms with E-state index in [-0.39, 0.29) is 11.3 Å². The summed E-state index contributed by atoms with van der Waals surface area (Å²) in [6.45, 7) is 0. The average Bonchev–Trinajstić information content (AvgIpc) is 3.92. The van der Waals surface area contributed by atoms with Gasteiger partial charge in [-0.1, -0.05) is 140 Å². The Balaban J connectivity index is 1.23. The summed E-state index contributed by atoms with van der Waals surface area (Å²) in [6.07, 6.45) is -7.00. The lowest BCUT2D eigenvalue weighted by molar-refractivity contribution is -0.142. The number of hydrogen-bond donors (Lipinski definition) is 0. The number of hydrogen-bond acceptors (Lipinski definition) is 3. The Morgan fingerprint density at radius 1 is 0.375 bits per heavy atom. The lowest BCUT2D eigenvalue weighted by Gasteiger charge is -2.23. The number of pyridine rings is 2. The van der Waals surface area contributed by atoms with E-state index in [9.17, 15) is 5.26 Å². The minimum atomic E-state index is -5.22. The van der Waals surface area contributed by atoms with Crippen LogP contribution in [0.3, 0.4) is 0 Å². The Kier molecular flexibility index (Phi) is 10.4. The van der Waals surface area contributed by atoms with E-state index in [1.165, 1.54) is 12.1 Å². The summed E-state index contributed by atoms with van der Waals surface area (Å²) in [5.74, 6) is 0. The molecule has 0 radical (unpaired) electrons. The molecule has 0 saturated carbocycles. The van der Waals surface area contributed by atoms with Crippen LogP contribution in [0.5, 0.6) is 0 Å². The van der Waals surface area contributed by atoms with Crippen molar-refractivity contribution < 1.29 is 26.3 Å².